The van der Waals surface area contributed by atoms with Crippen LogP contribution in [0.2, 0.25) is 0 Å². The molecule has 0 aliphatic carbocycles. The lowest BCUT2D eigenvalue weighted by atomic mass is 10.4. The van der Waals surface area contributed by atoms with Crippen molar-refractivity contribution in [2.75, 3.05) is 6.54 Å². The molecule has 0 aromatic carbocycles. The van der Waals surface area contributed by atoms with Gasteiger partial charge < -0.3 is 14.3 Å². The third kappa shape index (κ3) is 3.15. The number of furan rings is 1. The number of imidazole rings is 1. The van der Waals surface area contributed by atoms with Crippen LogP contribution in [0.25, 0.3) is 0 Å². The molecule has 0 bridgehead atoms. The summed E-state index contributed by atoms with van der Waals surface area (Å²) in [6.45, 7) is 2.01. The molecule has 1 N–H and O–H groups in total. The normalized spacial score (nSPS) is 10.6. The molecular formula is C10H12N4O3. The monoisotopic (exact) mass is 236 g/mol. The maximum absolute atomic E-state index is 10.4. The molecular weight excluding hydrogens is 224 g/mol. The van der Waals surface area contributed by atoms with Crippen LogP contribution in [0.4, 0.5) is 5.88 Å². The number of rotatable bonds is 6. The van der Waals surface area contributed by atoms with E-state index in [1.54, 1.807) is 18.6 Å². The quantitative estimate of drug-likeness (QED) is 0.462. The van der Waals surface area contributed by atoms with Gasteiger partial charge in [0.2, 0.25) is 0 Å². The molecule has 7 heteroatoms. The number of nitro groups is 1. The first-order chi connectivity index (χ1) is 8.25. The van der Waals surface area contributed by atoms with E-state index in [-0.39, 0.29) is 5.88 Å². The van der Waals surface area contributed by atoms with Gasteiger partial charge in [-0.05, 0) is 6.07 Å². The summed E-state index contributed by atoms with van der Waals surface area (Å²) in [5, 5.41) is 13.5. The van der Waals surface area contributed by atoms with Gasteiger partial charge in [0.15, 0.2) is 0 Å². The predicted octanol–water partition coefficient (Wildman–Crippen LogP) is 1.17. The molecule has 0 aliphatic rings. The molecule has 0 fully saturated rings. The lowest BCUT2D eigenvalue weighted by Gasteiger charge is -2.02. The molecule has 0 atom stereocenters. The molecule has 2 aromatic rings. The van der Waals surface area contributed by atoms with Crippen molar-refractivity contribution in [3.05, 3.63) is 46.7 Å². The summed E-state index contributed by atoms with van der Waals surface area (Å²) >= 11 is 0. The smallest absolute Gasteiger partial charge is 0.404 e. The summed E-state index contributed by atoms with van der Waals surface area (Å²) < 4.78 is 6.94. The van der Waals surface area contributed by atoms with Crippen LogP contribution in [-0.2, 0) is 13.1 Å². The SMILES string of the molecule is O=[N+]([O-])c1ccc(CNCCn2ccnc2)o1. The fourth-order valence-corrected chi connectivity index (χ4v) is 1.40. The molecule has 0 unspecified atom stereocenters. The first-order valence-electron chi connectivity index (χ1n) is 5.15. The maximum atomic E-state index is 10.4. The van der Waals surface area contributed by atoms with Crippen molar-refractivity contribution in [1.29, 1.82) is 0 Å². The lowest BCUT2D eigenvalue weighted by Crippen LogP contribution is -2.18. The summed E-state index contributed by atoms with van der Waals surface area (Å²) in [5.74, 6) is 0.332. The summed E-state index contributed by atoms with van der Waals surface area (Å²) in [4.78, 5) is 13.8. The molecule has 0 amide bonds. The topological polar surface area (TPSA) is 86.1 Å². The van der Waals surface area contributed by atoms with E-state index >= 15 is 0 Å². The molecule has 0 saturated heterocycles. The Hall–Kier alpha value is -2.15. The van der Waals surface area contributed by atoms with Crippen molar-refractivity contribution < 1.29 is 9.34 Å². The Morgan fingerprint density at radius 1 is 1.53 bits per heavy atom. The highest BCUT2D eigenvalue weighted by Gasteiger charge is 2.10. The van der Waals surface area contributed by atoms with Gasteiger partial charge in [-0.25, -0.2) is 4.98 Å². The number of nitrogens with one attached hydrogen (secondary N) is 1. The van der Waals surface area contributed by atoms with Crippen molar-refractivity contribution in [1.82, 2.24) is 14.9 Å². The second kappa shape index (κ2) is 5.26. The van der Waals surface area contributed by atoms with E-state index in [2.05, 4.69) is 10.3 Å². The number of nitrogens with zero attached hydrogens (tertiary/aromatic N) is 3. The molecule has 0 aliphatic heterocycles. The average Bonchev–Trinajstić information content (AvgIpc) is 2.96. The highest BCUT2D eigenvalue weighted by molar-refractivity contribution is 5.17. The van der Waals surface area contributed by atoms with E-state index in [9.17, 15) is 10.1 Å². The Kier molecular flexibility index (Phi) is 3.51. The molecule has 90 valence electrons. The van der Waals surface area contributed by atoms with Crippen molar-refractivity contribution in [2.45, 2.75) is 13.1 Å². The van der Waals surface area contributed by atoms with E-state index < -0.39 is 4.92 Å². The summed E-state index contributed by atoms with van der Waals surface area (Å²) in [6.07, 6.45) is 5.33. The fourth-order valence-electron chi connectivity index (χ4n) is 1.40. The molecule has 2 rings (SSSR count). The van der Waals surface area contributed by atoms with Crippen LogP contribution >= 0.6 is 0 Å². The van der Waals surface area contributed by atoms with Gasteiger partial charge in [-0.3, -0.25) is 10.1 Å². The average molecular weight is 236 g/mol. The summed E-state index contributed by atoms with van der Waals surface area (Å²) in [6, 6.07) is 2.95. The minimum atomic E-state index is -0.547. The molecule has 7 nitrogen and oxygen atoms in total. The third-order valence-corrected chi connectivity index (χ3v) is 2.23. The highest BCUT2D eigenvalue weighted by Crippen LogP contribution is 2.14. The zero-order valence-electron chi connectivity index (χ0n) is 9.07. The largest absolute Gasteiger partial charge is 0.433 e. The van der Waals surface area contributed by atoms with Crippen molar-refractivity contribution in [3.63, 3.8) is 0 Å². The molecule has 0 saturated carbocycles. The highest BCUT2D eigenvalue weighted by atomic mass is 16.6. The Balaban J connectivity index is 1.72. The van der Waals surface area contributed by atoms with Crippen LogP contribution in [0, 0.1) is 10.1 Å². The third-order valence-electron chi connectivity index (χ3n) is 2.23. The van der Waals surface area contributed by atoms with Gasteiger partial charge in [0.25, 0.3) is 0 Å². The first-order valence-corrected chi connectivity index (χ1v) is 5.15. The van der Waals surface area contributed by atoms with Crippen molar-refractivity contribution in [3.8, 4) is 0 Å². The fraction of sp³-hybridized carbons (Fsp3) is 0.300. The van der Waals surface area contributed by atoms with Crippen LogP contribution in [0.3, 0.4) is 0 Å². The minimum Gasteiger partial charge on any atom is -0.404 e. The van der Waals surface area contributed by atoms with Gasteiger partial charge in [0.1, 0.15) is 10.7 Å². The number of aromatic nitrogens is 2. The van der Waals surface area contributed by atoms with Crippen molar-refractivity contribution in [2.24, 2.45) is 0 Å². The molecule has 2 aromatic heterocycles. The molecule has 0 radical (unpaired) electrons. The summed E-state index contributed by atoms with van der Waals surface area (Å²) in [5.41, 5.74) is 0. The van der Waals surface area contributed by atoms with Gasteiger partial charge in [0.05, 0.1) is 18.9 Å². The van der Waals surface area contributed by atoms with Gasteiger partial charge >= 0.3 is 5.88 Å². The first kappa shape index (κ1) is 11.3. The van der Waals surface area contributed by atoms with Crippen LogP contribution in [-0.4, -0.2) is 21.0 Å². The second-order valence-corrected chi connectivity index (χ2v) is 3.47. The Morgan fingerprint density at radius 2 is 2.41 bits per heavy atom. The number of hydrogen-bond acceptors (Lipinski definition) is 5. The zero-order chi connectivity index (χ0) is 12.1. The Labute approximate surface area is 97.2 Å². The van der Waals surface area contributed by atoms with Crippen LogP contribution in [0.5, 0.6) is 0 Å². The van der Waals surface area contributed by atoms with Crippen LogP contribution in [0.15, 0.2) is 35.3 Å². The van der Waals surface area contributed by atoms with Gasteiger partial charge in [-0.2, -0.15) is 0 Å². The van der Waals surface area contributed by atoms with Crippen molar-refractivity contribution >= 4 is 5.88 Å². The van der Waals surface area contributed by atoms with Gasteiger partial charge in [0, 0.05) is 25.5 Å². The standard InChI is InChI=1S/C10H12N4O3/c15-14(16)10-2-1-9(17-10)7-11-3-5-13-6-4-12-8-13/h1-2,4,6,8,11H,3,5,7H2. The summed E-state index contributed by atoms with van der Waals surface area (Å²) in [7, 11) is 0. The Bertz CT molecular complexity index is 477. The lowest BCUT2D eigenvalue weighted by molar-refractivity contribution is -0.402. The molecule has 17 heavy (non-hydrogen) atoms. The Morgan fingerprint density at radius 3 is 3.06 bits per heavy atom. The maximum Gasteiger partial charge on any atom is 0.433 e. The molecule has 2 heterocycles. The van der Waals surface area contributed by atoms with Crippen LogP contribution in [0.1, 0.15) is 5.76 Å². The van der Waals surface area contributed by atoms with E-state index in [0.717, 1.165) is 13.1 Å². The molecule has 0 spiro atoms. The number of hydrogen-bond donors (Lipinski definition) is 1. The minimum absolute atomic E-state index is 0.226. The zero-order valence-corrected chi connectivity index (χ0v) is 9.07. The predicted molar refractivity (Wildman–Crippen MR) is 59.3 cm³/mol. The van der Waals surface area contributed by atoms with Gasteiger partial charge in [-0.15, -0.1) is 0 Å². The van der Waals surface area contributed by atoms with Gasteiger partial charge in [-0.1, -0.05) is 0 Å². The van der Waals surface area contributed by atoms with E-state index in [0.29, 0.717) is 12.3 Å². The van der Waals surface area contributed by atoms with E-state index in [4.69, 9.17) is 4.42 Å². The van der Waals surface area contributed by atoms with E-state index in [1.807, 2.05) is 10.8 Å². The van der Waals surface area contributed by atoms with E-state index in [1.165, 1.54) is 6.07 Å². The second-order valence-electron chi connectivity index (χ2n) is 3.47. The van der Waals surface area contributed by atoms with Crippen LogP contribution < -0.4 is 5.32 Å².